The van der Waals surface area contributed by atoms with Crippen LogP contribution in [0, 0.1) is 11.8 Å². The minimum atomic E-state index is -0.881. The van der Waals surface area contributed by atoms with Crippen molar-refractivity contribution < 1.29 is 18.4 Å². The number of Topliss-reactive ketones (excluding diaryl/α,β-unsaturated/α-hetero) is 2. The minimum Gasteiger partial charge on any atom is -0.385 e. The number of ketones is 2. The lowest BCUT2D eigenvalue weighted by atomic mass is 10.1. The Balaban J connectivity index is 0.000000160. The van der Waals surface area contributed by atoms with E-state index in [0.717, 1.165) is 55.8 Å². The highest BCUT2D eigenvalue weighted by atomic mass is 19.1. The van der Waals surface area contributed by atoms with Crippen molar-refractivity contribution in [2.45, 2.75) is 84.4 Å². The first-order valence-electron chi connectivity index (χ1n) is 22.8. The number of fused-ring (bicyclic) bond motifs is 4. The van der Waals surface area contributed by atoms with Crippen molar-refractivity contribution in [3.8, 4) is 22.5 Å². The fourth-order valence-corrected chi connectivity index (χ4v) is 8.86. The van der Waals surface area contributed by atoms with Crippen LogP contribution in [0.1, 0.15) is 92.0 Å². The number of alkyl halides is 2. The van der Waals surface area contributed by atoms with Gasteiger partial charge in [0.15, 0.2) is 22.9 Å². The Bertz CT molecular complexity index is 3320. The molecule has 9 aromatic rings. The standard InChI is InChI=1S/C29H29FN6O.C22H23FN6O/c1-18(2)35-17-22(21-10-7-11-31-28(21)35)24-14-25(34(3)16-19-8-5-4-6-9-19)29-32-15-26(36(29)33-24)27(37)13-20-12-23(20)30;1-12(2)28-11-15(14-5-4-6-25-21(14)28)17-9-18(24-3)22-26-10-19(29(22)27-17)20(30)8-13-7-16(13)23/h4-11,14-15,17-18,20,23H,12-13,16H2,1-3H3;4-6,9-13,16,24H,7-8H2,1-3H3/t20-,23-;13-,16-/m00/s1. The lowest BCUT2D eigenvalue weighted by Crippen LogP contribution is -2.18. The third-order valence-electron chi connectivity index (χ3n) is 12.8. The van der Waals surface area contributed by atoms with Crippen LogP contribution in [0.15, 0.2) is 104 Å². The van der Waals surface area contributed by atoms with E-state index in [2.05, 4.69) is 85.3 Å². The van der Waals surface area contributed by atoms with Crippen LogP contribution in [0.4, 0.5) is 20.2 Å². The molecule has 8 aromatic heterocycles. The van der Waals surface area contributed by atoms with Crippen LogP contribution in [0.2, 0.25) is 0 Å². The zero-order chi connectivity index (χ0) is 46.7. The largest absolute Gasteiger partial charge is 0.385 e. The van der Waals surface area contributed by atoms with Gasteiger partial charge in [-0.25, -0.2) is 37.7 Å². The van der Waals surface area contributed by atoms with Crippen molar-refractivity contribution in [3.63, 3.8) is 0 Å². The van der Waals surface area contributed by atoms with E-state index in [1.807, 2.05) is 74.9 Å². The Hall–Kier alpha value is -7.36. The molecule has 1 aromatic carbocycles. The summed E-state index contributed by atoms with van der Waals surface area (Å²) < 4.78 is 34.3. The van der Waals surface area contributed by atoms with Crippen molar-refractivity contribution in [1.29, 1.82) is 0 Å². The molecule has 0 radical (unpaired) electrons. The van der Waals surface area contributed by atoms with Crippen LogP contribution in [-0.2, 0) is 6.54 Å². The summed E-state index contributed by atoms with van der Waals surface area (Å²) in [7, 11) is 3.82. The van der Waals surface area contributed by atoms with Gasteiger partial charge in [-0.3, -0.25) is 9.59 Å². The summed E-state index contributed by atoms with van der Waals surface area (Å²) in [6.07, 6.45) is 10.3. The van der Waals surface area contributed by atoms with Gasteiger partial charge in [-0.1, -0.05) is 30.3 Å². The second-order valence-corrected chi connectivity index (χ2v) is 18.3. The number of aromatic nitrogens is 10. The van der Waals surface area contributed by atoms with Crippen LogP contribution < -0.4 is 10.2 Å². The molecule has 0 unspecified atom stereocenters. The first kappa shape index (κ1) is 43.5. The third-order valence-corrected chi connectivity index (χ3v) is 12.8. The van der Waals surface area contributed by atoms with Gasteiger partial charge in [-0.15, -0.1) is 0 Å². The van der Waals surface area contributed by atoms with Gasteiger partial charge in [-0.05, 0) is 82.5 Å². The highest BCUT2D eigenvalue weighted by molar-refractivity contribution is 5.99. The molecule has 16 heteroatoms. The van der Waals surface area contributed by atoms with Crippen LogP contribution in [0.25, 0.3) is 55.9 Å². The summed E-state index contributed by atoms with van der Waals surface area (Å²) in [6, 6.07) is 22.5. The average Bonchev–Trinajstić information content (AvgIpc) is 3.83. The number of imidazole rings is 2. The number of carbonyl (C=O) groups excluding carboxylic acids is 2. The summed E-state index contributed by atoms with van der Waals surface area (Å²) in [5, 5.41) is 14.8. The van der Waals surface area contributed by atoms with Crippen LogP contribution in [-0.4, -0.2) is 86.3 Å². The lowest BCUT2D eigenvalue weighted by Gasteiger charge is -2.21. The number of nitrogens with one attached hydrogen (secondary N) is 1. The van der Waals surface area contributed by atoms with E-state index in [4.69, 9.17) is 10.2 Å². The summed E-state index contributed by atoms with van der Waals surface area (Å²) >= 11 is 0. The first-order valence-corrected chi connectivity index (χ1v) is 22.8. The SMILES string of the molecule is CC(C)n1cc(-c2cc(N(C)Cc3ccccc3)c3ncc(C(=O)C[C@@H]4C[C@@H]4F)n3n2)c2cccnc21.CNc1cc(-c2cn(C(C)C)c3ncccc23)nn2c(C(=O)C[C@@H]3C[C@@H]3F)cnc12. The Morgan fingerprint density at radius 2 is 1.18 bits per heavy atom. The molecule has 2 aliphatic carbocycles. The zero-order valence-electron chi connectivity index (χ0n) is 38.3. The molecular formula is C51H52F2N12O2. The van der Waals surface area contributed by atoms with Crippen molar-refractivity contribution >= 4 is 56.3 Å². The van der Waals surface area contributed by atoms with Crippen LogP contribution in [0.3, 0.4) is 0 Å². The molecule has 14 nitrogen and oxygen atoms in total. The number of halogens is 2. The quantitative estimate of drug-likeness (QED) is 0.105. The van der Waals surface area contributed by atoms with Gasteiger partial charge in [-0.2, -0.15) is 10.2 Å². The smallest absolute Gasteiger partial charge is 0.183 e. The summed E-state index contributed by atoms with van der Waals surface area (Å²) in [5.41, 5.74) is 9.81. The van der Waals surface area contributed by atoms with E-state index in [1.54, 1.807) is 27.6 Å². The molecule has 0 aliphatic heterocycles. The molecule has 0 spiro atoms. The predicted octanol–water partition coefficient (Wildman–Crippen LogP) is 10.2. The number of anilines is 2. The van der Waals surface area contributed by atoms with Gasteiger partial charge in [0.25, 0.3) is 0 Å². The number of rotatable bonds is 14. The molecule has 2 saturated carbocycles. The zero-order valence-corrected chi connectivity index (χ0v) is 38.3. The molecule has 0 bridgehead atoms. The lowest BCUT2D eigenvalue weighted by molar-refractivity contribution is 0.0958. The number of hydrogen-bond donors (Lipinski definition) is 1. The highest BCUT2D eigenvalue weighted by Crippen LogP contribution is 2.40. The maximum absolute atomic E-state index is 13.6. The van der Waals surface area contributed by atoms with E-state index >= 15 is 0 Å². The maximum atomic E-state index is 13.6. The Kier molecular flexibility index (Phi) is 11.3. The Morgan fingerprint density at radius 3 is 1.67 bits per heavy atom. The molecule has 2 fully saturated rings. The second kappa shape index (κ2) is 17.5. The van der Waals surface area contributed by atoms with Crippen molar-refractivity contribution in [2.24, 2.45) is 11.8 Å². The normalized spacial score (nSPS) is 17.7. The van der Waals surface area contributed by atoms with E-state index in [9.17, 15) is 18.4 Å². The highest BCUT2D eigenvalue weighted by Gasteiger charge is 2.40. The summed E-state index contributed by atoms with van der Waals surface area (Å²) in [4.78, 5) is 46.2. The van der Waals surface area contributed by atoms with Crippen LogP contribution >= 0.6 is 0 Å². The summed E-state index contributed by atoms with van der Waals surface area (Å²) in [5.74, 6) is -0.641. The van der Waals surface area contributed by atoms with E-state index in [0.29, 0.717) is 47.8 Å². The van der Waals surface area contributed by atoms with E-state index in [1.165, 1.54) is 6.20 Å². The van der Waals surface area contributed by atoms with Gasteiger partial charge in [0, 0.05) is 104 Å². The predicted molar refractivity (Wildman–Crippen MR) is 256 cm³/mol. The Labute approximate surface area is 385 Å². The molecule has 4 atom stereocenters. The Morgan fingerprint density at radius 1 is 0.687 bits per heavy atom. The van der Waals surface area contributed by atoms with Gasteiger partial charge >= 0.3 is 0 Å². The van der Waals surface area contributed by atoms with E-state index < -0.39 is 12.3 Å². The van der Waals surface area contributed by atoms with Crippen LogP contribution in [0.5, 0.6) is 0 Å². The van der Waals surface area contributed by atoms with Crippen molar-refractivity contribution in [1.82, 2.24) is 48.3 Å². The minimum absolute atomic E-state index is 0.134. The number of nitrogens with zero attached hydrogens (tertiary/aromatic N) is 11. The topological polar surface area (TPSA) is 145 Å². The first-order chi connectivity index (χ1) is 32.4. The molecule has 342 valence electrons. The molecule has 1 N–H and O–H groups in total. The van der Waals surface area contributed by atoms with Gasteiger partial charge < -0.3 is 19.4 Å². The number of benzene rings is 1. The van der Waals surface area contributed by atoms with Gasteiger partial charge in [0.2, 0.25) is 0 Å². The van der Waals surface area contributed by atoms with Crippen molar-refractivity contribution in [2.75, 3.05) is 24.3 Å². The molecule has 67 heavy (non-hydrogen) atoms. The molecule has 8 heterocycles. The van der Waals surface area contributed by atoms with Gasteiger partial charge in [0.05, 0.1) is 35.2 Å². The molecular weight excluding hydrogens is 851 g/mol. The molecule has 2 aliphatic rings. The summed E-state index contributed by atoms with van der Waals surface area (Å²) in [6.45, 7) is 9.12. The number of carbonyl (C=O) groups is 2. The second-order valence-electron chi connectivity index (χ2n) is 18.3. The average molecular weight is 903 g/mol. The third kappa shape index (κ3) is 8.29. The van der Waals surface area contributed by atoms with Gasteiger partial charge in [0.1, 0.15) is 35.0 Å². The monoisotopic (exact) mass is 902 g/mol. The number of pyridine rings is 2. The fourth-order valence-electron chi connectivity index (χ4n) is 8.86. The van der Waals surface area contributed by atoms with Crippen molar-refractivity contribution in [3.05, 3.63) is 121 Å². The van der Waals surface area contributed by atoms with E-state index in [-0.39, 0.29) is 48.3 Å². The maximum Gasteiger partial charge on any atom is 0.183 e. The fraction of sp³-hybridized carbons (Fsp3) is 0.333. The molecule has 0 amide bonds. The number of hydrogen-bond acceptors (Lipinski definition) is 10. The molecule has 0 saturated heterocycles. The molecule has 11 rings (SSSR count).